The molecule has 0 spiro atoms. The highest BCUT2D eigenvalue weighted by Gasteiger charge is 2.16. The predicted octanol–water partition coefficient (Wildman–Crippen LogP) is 5.22. The Morgan fingerprint density at radius 3 is 2.46 bits per heavy atom. The molecule has 4 rings (SSSR count). The molecule has 0 unspecified atom stereocenters. The number of sulfonamides is 1. The molecule has 0 atom stereocenters. The maximum absolute atomic E-state index is 12.7. The van der Waals surface area contributed by atoms with Gasteiger partial charge < -0.3 is 4.42 Å². The van der Waals surface area contributed by atoms with Crippen LogP contribution in [0.3, 0.4) is 0 Å². The topological polar surface area (TPSA) is 72.2 Å². The summed E-state index contributed by atoms with van der Waals surface area (Å²) in [5, 5.41) is 0. The Labute approximate surface area is 164 Å². The van der Waals surface area contributed by atoms with E-state index in [2.05, 4.69) is 9.71 Å². The first-order valence-electron chi connectivity index (χ1n) is 8.89. The summed E-state index contributed by atoms with van der Waals surface area (Å²) in [6.45, 7) is 5.84. The fourth-order valence-corrected chi connectivity index (χ4v) is 4.12. The number of benzene rings is 3. The van der Waals surface area contributed by atoms with Crippen molar-refractivity contribution < 1.29 is 12.8 Å². The largest absolute Gasteiger partial charge is 0.436 e. The van der Waals surface area contributed by atoms with Crippen LogP contribution >= 0.6 is 0 Å². The Morgan fingerprint density at radius 1 is 0.893 bits per heavy atom. The second-order valence-corrected chi connectivity index (χ2v) is 8.60. The van der Waals surface area contributed by atoms with Crippen LogP contribution in [0.5, 0.6) is 0 Å². The lowest BCUT2D eigenvalue weighted by Gasteiger charge is -2.09. The third kappa shape index (κ3) is 3.51. The maximum Gasteiger partial charge on any atom is 0.261 e. The molecule has 1 heterocycles. The van der Waals surface area contributed by atoms with Crippen molar-refractivity contribution in [2.45, 2.75) is 25.7 Å². The first-order valence-corrected chi connectivity index (χ1v) is 10.4. The van der Waals surface area contributed by atoms with Gasteiger partial charge in [-0.3, -0.25) is 4.72 Å². The fourth-order valence-electron chi connectivity index (χ4n) is 2.98. The second kappa shape index (κ2) is 6.80. The van der Waals surface area contributed by atoms with E-state index in [4.69, 9.17) is 4.42 Å². The Kier molecular flexibility index (Phi) is 4.43. The average molecular weight is 392 g/mol. The lowest BCUT2D eigenvalue weighted by atomic mass is 10.1. The molecule has 1 N–H and O–H groups in total. The quantitative estimate of drug-likeness (QED) is 0.517. The standard InChI is InChI=1S/C22H20N2O3S/c1-14-5-4-6-17(11-14)22-23-20-10-8-18(13-21(20)27-22)24-28(25,26)19-9-7-15(2)16(3)12-19/h4-13,24H,1-3H3. The highest BCUT2D eigenvalue weighted by molar-refractivity contribution is 7.92. The molecule has 0 aliphatic carbocycles. The normalized spacial score (nSPS) is 11.7. The van der Waals surface area contributed by atoms with E-state index in [1.165, 1.54) is 0 Å². The zero-order valence-corrected chi connectivity index (χ0v) is 16.7. The zero-order valence-electron chi connectivity index (χ0n) is 15.9. The van der Waals surface area contributed by atoms with Crippen LogP contribution in [0.2, 0.25) is 0 Å². The van der Waals surface area contributed by atoms with E-state index < -0.39 is 10.0 Å². The monoisotopic (exact) mass is 392 g/mol. The fraction of sp³-hybridized carbons (Fsp3) is 0.136. The predicted molar refractivity (Wildman–Crippen MR) is 111 cm³/mol. The number of aryl methyl sites for hydroxylation is 3. The molecule has 0 saturated heterocycles. The van der Waals surface area contributed by atoms with Gasteiger partial charge in [0.25, 0.3) is 10.0 Å². The van der Waals surface area contributed by atoms with Crippen LogP contribution in [0, 0.1) is 20.8 Å². The van der Waals surface area contributed by atoms with Crippen LogP contribution in [-0.2, 0) is 10.0 Å². The van der Waals surface area contributed by atoms with E-state index in [0.29, 0.717) is 22.7 Å². The molecule has 1 aromatic heterocycles. The number of hydrogen-bond acceptors (Lipinski definition) is 4. The number of nitrogens with one attached hydrogen (secondary N) is 1. The minimum atomic E-state index is -3.68. The minimum Gasteiger partial charge on any atom is -0.436 e. The molecule has 0 fully saturated rings. The molecule has 0 saturated carbocycles. The van der Waals surface area contributed by atoms with Gasteiger partial charge in [0.1, 0.15) is 5.52 Å². The first kappa shape index (κ1) is 18.3. The van der Waals surface area contributed by atoms with Gasteiger partial charge in [0.15, 0.2) is 5.58 Å². The molecule has 28 heavy (non-hydrogen) atoms. The highest BCUT2D eigenvalue weighted by atomic mass is 32.2. The molecule has 0 aliphatic heterocycles. The van der Waals surface area contributed by atoms with Crippen LogP contribution in [0.1, 0.15) is 16.7 Å². The van der Waals surface area contributed by atoms with Gasteiger partial charge in [0.05, 0.1) is 10.6 Å². The van der Waals surface area contributed by atoms with Gasteiger partial charge in [0, 0.05) is 11.6 Å². The molecule has 0 bridgehead atoms. The van der Waals surface area contributed by atoms with Gasteiger partial charge in [-0.15, -0.1) is 0 Å². The lowest BCUT2D eigenvalue weighted by Crippen LogP contribution is -2.13. The van der Waals surface area contributed by atoms with Gasteiger partial charge in [-0.05, 0) is 68.3 Å². The summed E-state index contributed by atoms with van der Waals surface area (Å²) in [6.07, 6.45) is 0. The third-order valence-electron chi connectivity index (χ3n) is 4.69. The van der Waals surface area contributed by atoms with Gasteiger partial charge >= 0.3 is 0 Å². The van der Waals surface area contributed by atoms with Crippen LogP contribution in [-0.4, -0.2) is 13.4 Å². The van der Waals surface area contributed by atoms with E-state index in [0.717, 1.165) is 22.3 Å². The summed E-state index contributed by atoms with van der Waals surface area (Å²) < 4.78 is 33.9. The summed E-state index contributed by atoms with van der Waals surface area (Å²) in [7, 11) is -3.68. The van der Waals surface area contributed by atoms with Crippen LogP contribution < -0.4 is 4.72 Å². The molecule has 0 amide bonds. The van der Waals surface area contributed by atoms with Crippen LogP contribution in [0.15, 0.2) is 70.0 Å². The van der Waals surface area contributed by atoms with Crippen molar-refractivity contribution in [3.05, 3.63) is 77.4 Å². The molecule has 4 aromatic rings. The second-order valence-electron chi connectivity index (χ2n) is 6.92. The molecule has 0 aliphatic rings. The van der Waals surface area contributed by atoms with E-state index in [1.54, 1.807) is 36.4 Å². The Hall–Kier alpha value is -3.12. The van der Waals surface area contributed by atoms with Crippen LogP contribution in [0.4, 0.5) is 5.69 Å². The summed E-state index contributed by atoms with van der Waals surface area (Å²) in [6, 6.07) is 18.0. The smallest absolute Gasteiger partial charge is 0.261 e. The molecule has 5 nitrogen and oxygen atoms in total. The number of nitrogens with zero attached hydrogens (tertiary/aromatic N) is 1. The minimum absolute atomic E-state index is 0.230. The van der Waals surface area contributed by atoms with Gasteiger partial charge in [0.2, 0.25) is 5.89 Å². The van der Waals surface area contributed by atoms with Crippen molar-refractivity contribution in [1.29, 1.82) is 0 Å². The third-order valence-corrected chi connectivity index (χ3v) is 6.07. The van der Waals surface area contributed by atoms with Crippen molar-refractivity contribution in [3.8, 4) is 11.5 Å². The maximum atomic E-state index is 12.7. The summed E-state index contributed by atoms with van der Waals surface area (Å²) >= 11 is 0. The number of anilines is 1. The molecule has 142 valence electrons. The Morgan fingerprint density at radius 2 is 1.71 bits per heavy atom. The van der Waals surface area contributed by atoms with Crippen LogP contribution in [0.25, 0.3) is 22.6 Å². The van der Waals surface area contributed by atoms with Crippen molar-refractivity contribution in [2.75, 3.05) is 4.72 Å². The lowest BCUT2D eigenvalue weighted by molar-refractivity contribution is 0.601. The number of oxazole rings is 1. The van der Waals surface area contributed by atoms with E-state index in [1.807, 2.05) is 45.0 Å². The van der Waals surface area contributed by atoms with Gasteiger partial charge in [-0.2, -0.15) is 0 Å². The molecular formula is C22H20N2O3S. The average Bonchev–Trinajstić information content (AvgIpc) is 3.07. The number of rotatable bonds is 4. The van der Waals surface area contributed by atoms with Gasteiger partial charge in [-0.25, -0.2) is 13.4 Å². The summed E-state index contributed by atoms with van der Waals surface area (Å²) in [4.78, 5) is 4.73. The number of aromatic nitrogens is 1. The molecule has 3 aromatic carbocycles. The molecular weight excluding hydrogens is 372 g/mol. The first-order chi connectivity index (χ1) is 13.3. The number of hydrogen-bond donors (Lipinski definition) is 1. The molecule has 6 heteroatoms. The Bertz CT molecular complexity index is 1290. The van der Waals surface area contributed by atoms with E-state index in [9.17, 15) is 8.42 Å². The van der Waals surface area contributed by atoms with Crippen molar-refractivity contribution in [3.63, 3.8) is 0 Å². The highest BCUT2D eigenvalue weighted by Crippen LogP contribution is 2.28. The van der Waals surface area contributed by atoms with Crippen molar-refractivity contribution in [1.82, 2.24) is 4.98 Å². The van der Waals surface area contributed by atoms with E-state index in [-0.39, 0.29) is 4.90 Å². The summed E-state index contributed by atoms with van der Waals surface area (Å²) in [5.41, 5.74) is 5.59. The Balaban J connectivity index is 1.67. The molecule has 0 radical (unpaired) electrons. The van der Waals surface area contributed by atoms with Crippen molar-refractivity contribution in [2.24, 2.45) is 0 Å². The van der Waals surface area contributed by atoms with E-state index >= 15 is 0 Å². The van der Waals surface area contributed by atoms with Crippen molar-refractivity contribution >= 4 is 26.8 Å². The number of fused-ring (bicyclic) bond motifs is 1. The SMILES string of the molecule is Cc1cccc(-c2nc3ccc(NS(=O)(=O)c4ccc(C)c(C)c4)cc3o2)c1. The summed E-state index contributed by atoms with van der Waals surface area (Å²) in [5.74, 6) is 0.507. The zero-order chi connectivity index (χ0) is 19.9. The van der Waals surface area contributed by atoms with Gasteiger partial charge in [-0.1, -0.05) is 23.8 Å².